The Bertz CT molecular complexity index is 778. The first kappa shape index (κ1) is 18.7. The molecular formula is C18H20ClNO5. The number of carbonyl (C=O) groups is 1. The Balaban J connectivity index is 2.32. The summed E-state index contributed by atoms with van der Waals surface area (Å²) in [6, 6.07) is 7.88. The zero-order valence-electron chi connectivity index (χ0n) is 14.5. The molecule has 2 aromatic rings. The molecule has 0 aliphatic carbocycles. The predicted molar refractivity (Wildman–Crippen MR) is 95.0 cm³/mol. The largest absolute Gasteiger partial charge is 0.507 e. The van der Waals surface area contributed by atoms with Crippen LogP contribution < -0.4 is 14.2 Å². The van der Waals surface area contributed by atoms with E-state index in [0.717, 1.165) is 5.56 Å². The maximum atomic E-state index is 12.6. The van der Waals surface area contributed by atoms with Gasteiger partial charge in [0.05, 0.1) is 26.9 Å². The Hall–Kier alpha value is -2.60. The van der Waals surface area contributed by atoms with Gasteiger partial charge in [0, 0.05) is 24.2 Å². The number of rotatable bonds is 6. The lowest BCUT2D eigenvalue weighted by molar-refractivity contribution is 0.0781. The number of carbonyl (C=O) groups excluding carboxylic acids is 1. The first-order valence-electron chi connectivity index (χ1n) is 7.44. The fraction of sp³-hybridized carbons (Fsp3) is 0.278. The summed E-state index contributed by atoms with van der Waals surface area (Å²) in [6.07, 6.45) is 0. The third kappa shape index (κ3) is 3.91. The molecule has 0 saturated heterocycles. The predicted octanol–water partition coefficient (Wildman–Crippen LogP) is 3.34. The third-order valence-electron chi connectivity index (χ3n) is 3.73. The number of nitrogens with zero attached hydrogens (tertiary/aromatic N) is 1. The second-order valence-electron chi connectivity index (χ2n) is 5.32. The first-order valence-corrected chi connectivity index (χ1v) is 7.82. The summed E-state index contributed by atoms with van der Waals surface area (Å²) in [7, 11) is 6.20. The van der Waals surface area contributed by atoms with E-state index in [-0.39, 0.29) is 23.8 Å². The molecule has 1 amide bonds. The Labute approximate surface area is 151 Å². The quantitative estimate of drug-likeness (QED) is 0.850. The van der Waals surface area contributed by atoms with E-state index in [1.165, 1.54) is 44.4 Å². The van der Waals surface area contributed by atoms with Crippen LogP contribution in [0.2, 0.25) is 5.02 Å². The molecule has 2 aromatic carbocycles. The second kappa shape index (κ2) is 7.98. The Morgan fingerprint density at radius 3 is 2.36 bits per heavy atom. The minimum Gasteiger partial charge on any atom is -0.507 e. The number of halogens is 1. The van der Waals surface area contributed by atoms with Gasteiger partial charge in [0.1, 0.15) is 5.75 Å². The van der Waals surface area contributed by atoms with E-state index in [0.29, 0.717) is 22.3 Å². The van der Waals surface area contributed by atoms with Crippen LogP contribution >= 0.6 is 11.6 Å². The van der Waals surface area contributed by atoms with Crippen LogP contribution in [0.3, 0.4) is 0 Å². The van der Waals surface area contributed by atoms with Gasteiger partial charge in [-0.3, -0.25) is 4.79 Å². The summed E-state index contributed by atoms with van der Waals surface area (Å²) in [6.45, 7) is 0.244. The van der Waals surface area contributed by atoms with Crippen LogP contribution in [-0.2, 0) is 6.54 Å². The Kier molecular flexibility index (Phi) is 5.98. The molecule has 0 fully saturated rings. The lowest BCUT2D eigenvalue weighted by Crippen LogP contribution is -2.26. The zero-order valence-corrected chi connectivity index (χ0v) is 15.3. The summed E-state index contributed by atoms with van der Waals surface area (Å²) in [5.41, 5.74) is 0.868. The number of ether oxygens (including phenoxy) is 3. The van der Waals surface area contributed by atoms with Gasteiger partial charge in [0.25, 0.3) is 5.91 Å². The highest BCUT2D eigenvalue weighted by Crippen LogP contribution is 2.40. The zero-order chi connectivity index (χ0) is 18.6. The first-order chi connectivity index (χ1) is 11.9. The highest BCUT2D eigenvalue weighted by Gasteiger charge is 2.21. The lowest BCUT2D eigenvalue weighted by atomic mass is 10.1. The second-order valence-corrected chi connectivity index (χ2v) is 5.75. The van der Waals surface area contributed by atoms with Crippen LogP contribution in [0, 0.1) is 0 Å². The lowest BCUT2D eigenvalue weighted by Gasteiger charge is -2.21. The molecule has 1 N–H and O–H groups in total. The molecule has 0 heterocycles. The number of phenolic OH excluding ortho intramolecular Hbond substituents is 1. The Morgan fingerprint density at radius 1 is 1.08 bits per heavy atom. The highest BCUT2D eigenvalue weighted by atomic mass is 35.5. The van der Waals surface area contributed by atoms with E-state index >= 15 is 0 Å². The van der Waals surface area contributed by atoms with Gasteiger partial charge >= 0.3 is 0 Å². The smallest absolute Gasteiger partial charge is 0.257 e. The highest BCUT2D eigenvalue weighted by molar-refractivity contribution is 6.31. The van der Waals surface area contributed by atoms with Gasteiger partial charge in [-0.1, -0.05) is 11.6 Å². The number of benzene rings is 2. The van der Waals surface area contributed by atoms with Crippen molar-refractivity contribution in [2.45, 2.75) is 6.54 Å². The summed E-state index contributed by atoms with van der Waals surface area (Å²) in [4.78, 5) is 14.1. The number of hydrogen-bond acceptors (Lipinski definition) is 5. The maximum absolute atomic E-state index is 12.6. The fourth-order valence-electron chi connectivity index (χ4n) is 2.50. The third-order valence-corrected chi connectivity index (χ3v) is 3.96. The van der Waals surface area contributed by atoms with E-state index in [1.54, 1.807) is 19.2 Å². The van der Waals surface area contributed by atoms with Gasteiger partial charge in [-0.2, -0.15) is 0 Å². The number of methoxy groups -OCH3 is 3. The minimum absolute atomic E-state index is 0.125. The van der Waals surface area contributed by atoms with Crippen LogP contribution in [0.4, 0.5) is 0 Å². The Morgan fingerprint density at radius 2 is 1.76 bits per heavy atom. The monoisotopic (exact) mass is 365 g/mol. The van der Waals surface area contributed by atoms with Crippen LogP contribution in [0.25, 0.3) is 0 Å². The molecule has 0 saturated carbocycles. The molecular weight excluding hydrogens is 346 g/mol. The van der Waals surface area contributed by atoms with Gasteiger partial charge in [-0.25, -0.2) is 0 Å². The van der Waals surface area contributed by atoms with E-state index in [4.69, 9.17) is 25.8 Å². The molecule has 0 spiro atoms. The number of phenols is 1. The molecule has 0 bridgehead atoms. The molecule has 0 atom stereocenters. The van der Waals surface area contributed by atoms with Gasteiger partial charge in [0.2, 0.25) is 5.75 Å². The molecule has 134 valence electrons. The molecule has 0 aliphatic heterocycles. The van der Waals surface area contributed by atoms with Gasteiger partial charge in [-0.05, 0) is 30.3 Å². The van der Waals surface area contributed by atoms with Crippen molar-refractivity contribution in [2.75, 3.05) is 28.4 Å². The van der Waals surface area contributed by atoms with Gasteiger partial charge in [-0.15, -0.1) is 0 Å². The van der Waals surface area contributed by atoms with Crippen molar-refractivity contribution in [1.29, 1.82) is 0 Å². The summed E-state index contributed by atoms with van der Waals surface area (Å²) in [5.74, 6) is 0.979. The van der Waals surface area contributed by atoms with E-state index in [9.17, 15) is 9.90 Å². The summed E-state index contributed by atoms with van der Waals surface area (Å²) < 4.78 is 16.0. The SMILES string of the molecule is COc1ccc(CN(C)C(=O)c2cc(Cl)ccc2O)c(OC)c1OC. The molecule has 25 heavy (non-hydrogen) atoms. The fourth-order valence-corrected chi connectivity index (χ4v) is 2.67. The molecule has 0 unspecified atom stereocenters. The molecule has 6 nitrogen and oxygen atoms in total. The molecule has 0 aromatic heterocycles. The van der Waals surface area contributed by atoms with E-state index in [1.807, 2.05) is 0 Å². The number of amides is 1. The van der Waals surface area contributed by atoms with Crippen molar-refractivity contribution in [2.24, 2.45) is 0 Å². The van der Waals surface area contributed by atoms with Crippen molar-refractivity contribution >= 4 is 17.5 Å². The van der Waals surface area contributed by atoms with Gasteiger partial charge < -0.3 is 24.2 Å². The maximum Gasteiger partial charge on any atom is 0.257 e. The average molecular weight is 366 g/mol. The van der Waals surface area contributed by atoms with Crippen molar-refractivity contribution in [3.8, 4) is 23.0 Å². The number of aromatic hydroxyl groups is 1. The summed E-state index contributed by atoms with van der Waals surface area (Å²) >= 11 is 5.91. The van der Waals surface area contributed by atoms with Crippen LogP contribution in [0.5, 0.6) is 23.0 Å². The van der Waals surface area contributed by atoms with Crippen LogP contribution in [0.1, 0.15) is 15.9 Å². The number of hydrogen-bond donors (Lipinski definition) is 1. The van der Waals surface area contributed by atoms with E-state index in [2.05, 4.69) is 0 Å². The summed E-state index contributed by atoms with van der Waals surface area (Å²) in [5, 5.41) is 10.3. The molecule has 0 aliphatic rings. The standard InChI is InChI=1S/C18H20ClNO5/c1-20(18(22)13-9-12(19)6-7-14(13)21)10-11-5-8-15(23-2)17(25-4)16(11)24-3/h5-9,21H,10H2,1-4H3. The molecule has 7 heteroatoms. The van der Waals surface area contributed by atoms with E-state index < -0.39 is 0 Å². The topological polar surface area (TPSA) is 68.2 Å². The van der Waals surface area contributed by atoms with Crippen molar-refractivity contribution in [3.63, 3.8) is 0 Å². The normalized spacial score (nSPS) is 10.3. The average Bonchev–Trinajstić information content (AvgIpc) is 2.62. The van der Waals surface area contributed by atoms with Crippen molar-refractivity contribution in [1.82, 2.24) is 4.90 Å². The van der Waals surface area contributed by atoms with Crippen molar-refractivity contribution in [3.05, 3.63) is 46.5 Å². The minimum atomic E-state index is -0.364. The molecule has 0 radical (unpaired) electrons. The van der Waals surface area contributed by atoms with Crippen LogP contribution in [-0.4, -0.2) is 44.3 Å². The van der Waals surface area contributed by atoms with Gasteiger partial charge in [0.15, 0.2) is 11.5 Å². The molecule has 2 rings (SSSR count). The van der Waals surface area contributed by atoms with Crippen molar-refractivity contribution < 1.29 is 24.1 Å². The van der Waals surface area contributed by atoms with Crippen LogP contribution in [0.15, 0.2) is 30.3 Å².